The van der Waals surface area contributed by atoms with Crippen molar-refractivity contribution < 1.29 is 14.3 Å². The van der Waals surface area contributed by atoms with Gasteiger partial charge in [0.1, 0.15) is 5.75 Å². The molecule has 0 aliphatic carbocycles. The lowest BCUT2D eigenvalue weighted by atomic mass is 10.0. The fourth-order valence-corrected chi connectivity index (χ4v) is 2.30. The Labute approximate surface area is 122 Å². The van der Waals surface area contributed by atoms with Gasteiger partial charge in [0.15, 0.2) is 12.4 Å². The highest BCUT2D eigenvalue weighted by Crippen LogP contribution is 2.28. The lowest BCUT2D eigenvalue weighted by molar-refractivity contribution is -0.118. The topological polar surface area (TPSA) is 55.4 Å². The first-order chi connectivity index (χ1) is 10.2. The summed E-state index contributed by atoms with van der Waals surface area (Å²) in [6, 6.07) is 15.0. The third-order valence-electron chi connectivity index (χ3n) is 3.42. The Hall–Kier alpha value is -2.62. The fraction of sp³-hybridized carbons (Fsp3) is 0.176. The highest BCUT2D eigenvalue weighted by atomic mass is 16.5. The normalized spacial score (nSPS) is 13.0. The van der Waals surface area contributed by atoms with Gasteiger partial charge in [-0.05, 0) is 30.2 Å². The summed E-state index contributed by atoms with van der Waals surface area (Å²) in [6.45, 7) is 0.0221. The van der Waals surface area contributed by atoms with Gasteiger partial charge in [-0.3, -0.25) is 9.59 Å². The molecule has 4 heteroatoms. The van der Waals surface area contributed by atoms with E-state index in [-0.39, 0.29) is 18.3 Å². The summed E-state index contributed by atoms with van der Waals surface area (Å²) in [4.78, 5) is 23.5. The maximum Gasteiger partial charge on any atom is 0.262 e. The quantitative estimate of drug-likeness (QED) is 0.877. The fourth-order valence-electron chi connectivity index (χ4n) is 2.30. The van der Waals surface area contributed by atoms with E-state index in [9.17, 15) is 9.59 Å². The van der Waals surface area contributed by atoms with Gasteiger partial charge in [0.25, 0.3) is 5.91 Å². The van der Waals surface area contributed by atoms with E-state index in [1.54, 1.807) is 18.2 Å². The van der Waals surface area contributed by atoms with Crippen molar-refractivity contribution in [3.8, 4) is 5.75 Å². The number of benzene rings is 2. The second-order valence-electron chi connectivity index (χ2n) is 4.96. The summed E-state index contributed by atoms with van der Waals surface area (Å²) in [6.07, 6.45) is 1.15. The first kappa shape index (κ1) is 13.4. The first-order valence-corrected chi connectivity index (χ1v) is 6.86. The molecule has 2 aromatic carbocycles. The molecule has 0 radical (unpaired) electrons. The van der Waals surface area contributed by atoms with Crippen LogP contribution in [0.25, 0.3) is 0 Å². The van der Waals surface area contributed by atoms with E-state index in [4.69, 9.17) is 4.74 Å². The summed E-state index contributed by atoms with van der Waals surface area (Å²) in [5, 5.41) is 2.71. The van der Waals surface area contributed by atoms with Crippen LogP contribution < -0.4 is 10.1 Å². The molecular weight excluding hydrogens is 266 g/mol. The number of fused-ring (bicyclic) bond motifs is 1. The number of hydrogen-bond acceptors (Lipinski definition) is 3. The summed E-state index contributed by atoms with van der Waals surface area (Å²) in [5.41, 5.74) is 2.30. The van der Waals surface area contributed by atoms with E-state index in [1.165, 1.54) is 0 Å². The van der Waals surface area contributed by atoms with Crippen LogP contribution in [0.5, 0.6) is 5.75 Å². The van der Waals surface area contributed by atoms with Crippen molar-refractivity contribution in [2.45, 2.75) is 12.8 Å². The zero-order valence-electron chi connectivity index (χ0n) is 11.5. The number of rotatable bonds is 4. The minimum absolute atomic E-state index is 0.0221. The molecule has 1 heterocycles. The Morgan fingerprint density at radius 1 is 1.14 bits per heavy atom. The van der Waals surface area contributed by atoms with E-state index < -0.39 is 0 Å². The van der Waals surface area contributed by atoms with Gasteiger partial charge in [0.05, 0.1) is 5.69 Å². The summed E-state index contributed by atoms with van der Waals surface area (Å²) >= 11 is 0. The van der Waals surface area contributed by atoms with Crippen molar-refractivity contribution >= 4 is 17.4 Å². The number of nitrogens with one attached hydrogen (secondary N) is 1. The van der Waals surface area contributed by atoms with Crippen molar-refractivity contribution in [3.63, 3.8) is 0 Å². The number of ketones is 1. The molecule has 0 aromatic heterocycles. The van der Waals surface area contributed by atoms with Gasteiger partial charge in [-0.2, -0.15) is 0 Å². The number of carbonyl (C=O) groups excluding carboxylic acids is 2. The smallest absolute Gasteiger partial charge is 0.262 e. The van der Waals surface area contributed by atoms with Crippen molar-refractivity contribution in [2.24, 2.45) is 0 Å². The maximum atomic E-state index is 12.2. The minimum atomic E-state index is -0.198. The van der Waals surface area contributed by atoms with E-state index in [0.29, 0.717) is 29.8 Å². The molecule has 1 aliphatic heterocycles. The molecule has 1 amide bonds. The molecule has 21 heavy (non-hydrogen) atoms. The molecule has 0 bridgehead atoms. The second kappa shape index (κ2) is 5.79. The SMILES string of the molecule is O=C1COc2ccc(C(=O)CCc3ccccc3)cc2N1. The average molecular weight is 281 g/mol. The van der Waals surface area contributed by atoms with Crippen LogP contribution in [-0.2, 0) is 11.2 Å². The molecule has 0 saturated carbocycles. The molecule has 0 spiro atoms. The van der Waals surface area contributed by atoms with E-state index >= 15 is 0 Å². The first-order valence-electron chi connectivity index (χ1n) is 6.86. The average Bonchev–Trinajstić information content (AvgIpc) is 2.53. The molecule has 3 rings (SSSR count). The molecule has 1 aliphatic rings. The Bertz CT molecular complexity index is 680. The summed E-state index contributed by atoms with van der Waals surface area (Å²) < 4.78 is 5.28. The minimum Gasteiger partial charge on any atom is -0.482 e. The van der Waals surface area contributed by atoms with Crippen LogP contribution in [0.15, 0.2) is 48.5 Å². The molecule has 4 nitrogen and oxygen atoms in total. The van der Waals surface area contributed by atoms with Crippen molar-refractivity contribution in [1.82, 2.24) is 0 Å². The molecule has 0 unspecified atom stereocenters. The van der Waals surface area contributed by atoms with Crippen LogP contribution in [0.4, 0.5) is 5.69 Å². The van der Waals surface area contributed by atoms with Gasteiger partial charge in [0.2, 0.25) is 0 Å². The van der Waals surface area contributed by atoms with E-state index in [0.717, 1.165) is 5.56 Å². The lowest BCUT2D eigenvalue weighted by Crippen LogP contribution is -2.25. The molecule has 1 N–H and O–H groups in total. The second-order valence-corrected chi connectivity index (χ2v) is 4.96. The van der Waals surface area contributed by atoms with E-state index in [2.05, 4.69) is 5.32 Å². The van der Waals surface area contributed by atoms with Gasteiger partial charge in [-0.1, -0.05) is 30.3 Å². The Morgan fingerprint density at radius 3 is 2.76 bits per heavy atom. The number of anilines is 1. The Kier molecular flexibility index (Phi) is 3.69. The van der Waals surface area contributed by atoms with Crippen LogP contribution in [0, 0.1) is 0 Å². The van der Waals surface area contributed by atoms with Crippen LogP contribution in [0.3, 0.4) is 0 Å². The van der Waals surface area contributed by atoms with E-state index in [1.807, 2.05) is 30.3 Å². The van der Waals surface area contributed by atoms with Gasteiger partial charge in [0, 0.05) is 12.0 Å². The Balaban J connectivity index is 1.70. The van der Waals surface area contributed by atoms with Crippen LogP contribution in [0.1, 0.15) is 22.3 Å². The van der Waals surface area contributed by atoms with Crippen LogP contribution in [0.2, 0.25) is 0 Å². The standard InChI is InChI=1S/C17H15NO3/c19-15(8-6-12-4-2-1-3-5-12)13-7-9-16-14(10-13)18-17(20)11-21-16/h1-5,7,9-10H,6,8,11H2,(H,18,20). The number of amides is 1. The molecular formula is C17H15NO3. The molecule has 0 saturated heterocycles. The molecule has 2 aromatic rings. The molecule has 0 atom stereocenters. The highest BCUT2D eigenvalue weighted by Gasteiger charge is 2.17. The van der Waals surface area contributed by atoms with Crippen molar-refractivity contribution in [3.05, 3.63) is 59.7 Å². The van der Waals surface area contributed by atoms with Crippen LogP contribution in [-0.4, -0.2) is 18.3 Å². The third kappa shape index (κ3) is 3.11. The zero-order chi connectivity index (χ0) is 14.7. The van der Waals surface area contributed by atoms with Gasteiger partial charge >= 0.3 is 0 Å². The monoisotopic (exact) mass is 281 g/mol. The van der Waals surface area contributed by atoms with Gasteiger partial charge in [-0.15, -0.1) is 0 Å². The highest BCUT2D eigenvalue weighted by molar-refractivity contribution is 6.00. The molecule has 106 valence electrons. The number of ether oxygens (including phenoxy) is 1. The molecule has 0 fully saturated rings. The van der Waals surface area contributed by atoms with Gasteiger partial charge in [-0.25, -0.2) is 0 Å². The predicted octanol–water partition coefficient (Wildman–Crippen LogP) is 2.83. The lowest BCUT2D eigenvalue weighted by Gasteiger charge is -2.18. The largest absolute Gasteiger partial charge is 0.482 e. The predicted molar refractivity (Wildman–Crippen MR) is 79.7 cm³/mol. The zero-order valence-corrected chi connectivity index (χ0v) is 11.5. The summed E-state index contributed by atoms with van der Waals surface area (Å²) in [5.74, 6) is 0.465. The summed E-state index contributed by atoms with van der Waals surface area (Å²) in [7, 11) is 0. The number of Topliss-reactive ketones (excluding diaryl/α,β-unsaturated/α-hetero) is 1. The Morgan fingerprint density at radius 2 is 1.95 bits per heavy atom. The maximum absolute atomic E-state index is 12.2. The van der Waals surface area contributed by atoms with Crippen molar-refractivity contribution in [2.75, 3.05) is 11.9 Å². The third-order valence-corrected chi connectivity index (χ3v) is 3.42. The number of carbonyl (C=O) groups is 2. The number of hydrogen-bond donors (Lipinski definition) is 1. The number of aryl methyl sites for hydroxylation is 1. The van der Waals surface area contributed by atoms with Crippen molar-refractivity contribution in [1.29, 1.82) is 0 Å². The van der Waals surface area contributed by atoms with Gasteiger partial charge < -0.3 is 10.1 Å². The van der Waals surface area contributed by atoms with Crippen LogP contribution >= 0.6 is 0 Å².